The van der Waals surface area contributed by atoms with Crippen LogP contribution >= 0.6 is 0 Å². The monoisotopic (exact) mass is 958 g/mol. The Balaban J connectivity index is 0.765. The van der Waals surface area contributed by atoms with Gasteiger partial charge >= 0.3 is 0 Å². The number of benzene rings is 4. The normalized spacial score (nSPS) is 22.5. The van der Waals surface area contributed by atoms with Crippen LogP contribution in [0.15, 0.2) is 96.3 Å². The van der Waals surface area contributed by atoms with Gasteiger partial charge in [-0.05, 0) is 104 Å². The lowest BCUT2D eigenvalue weighted by Gasteiger charge is -2.34. The van der Waals surface area contributed by atoms with Gasteiger partial charge in [-0.2, -0.15) is 0 Å². The van der Waals surface area contributed by atoms with Crippen molar-refractivity contribution in [2.24, 2.45) is 4.99 Å². The predicted octanol–water partition coefficient (Wildman–Crippen LogP) is 9.40. The van der Waals surface area contributed by atoms with E-state index in [9.17, 15) is 9.59 Å². The van der Waals surface area contributed by atoms with Crippen LogP contribution in [0.4, 0.5) is 17.1 Å². The van der Waals surface area contributed by atoms with E-state index in [-0.39, 0.29) is 23.9 Å². The van der Waals surface area contributed by atoms with Crippen molar-refractivity contribution < 1.29 is 28.5 Å². The molecule has 11 rings (SSSR count). The van der Waals surface area contributed by atoms with E-state index < -0.39 is 0 Å². The van der Waals surface area contributed by atoms with E-state index >= 15 is 0 Å². The Morgan fingerprint density at radius 3 is 1.51 bits per heavy atom. The molecule has 13 nitrogen and oxygen atoms in total. The third kappa shape index (κ3) is 10.3. The smallest absolute Gasteiger partial charge is 0.260 e. The number of ether oxygens (including phenoxy) is 4. The molecular formula is C58H67N7O6. The predicted molar refractivity (Wildman–Crippen MR) is 282 cm³/mol. The summed E-state index contributed by atoms with van der Waals surface area (Å²) in [6, 6.07) is 24.8. The Labute approximate surface area is 418 Å². The first-order valence-electron chi connectivity index (χ1n) is 26.1. The molecule has 4 aromatic rings. The molecule has 7 heterocycles. The van der Waals surface area contributed by atoms with Crippen LogP contribution in [-0.4, -0.2) is 143 Å². The number of aliphatic imine (C=N–C) groups is 1. The molecule has 0 N–H and O–H groups in total. The SMILES string of the molecule is CN1CCN(c2ccc(C3=CN4C(=O)c5cc6c(cc5C=C[C@@H]4C3)OCCCOc3cc4c(cc3OCCCCCCCCO6)C(=O)N3C=C(c5ccc(N6CCN(C)CC6)cc5)C[C@H]3C=N4)cc2)CC1. The number of carbonyl (C=O) groups is 2. The zero-order chi connectivity index (χ0) is 48.3. The van der Waals surface area contributed by atoms with Crippen LogP contribution in [0.25, 0.3) is 17.2 Å². The van der Waals surface area contributed by atoms with E-state index in [1.807, 2.05) is 52.7 Å². The van der Waals surface area contributed by atoms with E-state index in [1.165, 1.54) is 11.4 Å². The maximum Gasteiger partial charge on any atom is 0.260 e. The number of amides is 2. The van der Waals surface area contributed by atoms with Crippen LogP contribution in [0.3, 0.4) is 0 Å². The molecule has 0 radical (unpaired) electrons. The Hall–Kier alpha value is -6.57. The fourth-order valence-electron chi connectivity index (χ4n) is 10.8. The van der Waals surface area contributed by atoms with Gasteiger partial charge in [-0.3, -0.25) is 14.6 Å². The van der Waals surface area contributed by atoms with Gasteiger partial charge in [-0.1, -0.05) is 62.1 Å². The van der Waals surface area contributed by atoms with Crippen molar-refractivity contribution in [3.8, 4) is 23.0 Å². The van der Waals surface area contributed by atoms with Crippen molar-refractivity contribution in [1.82, 2.24) is 19.6 Å². The van der Waals surface area contributed by atoms with Crippen LogP contribution in [0, 0.1) is 0 Å². The van der Waals surface area contributed by atoms with Gasteiger partial charge in [0.05, 0.1) is 55.3 Å². The largest absolute Gasteiger partial charge is 0.490 e. The van der Waals surface area contributed by atoms with Gasteiger partial charge in [-0.15, -0.1) is 0 Å². The van der Waals surface area contributed by atoms with Gasteiger partial charge in [0.2, 0.25) is 0 Å². The Morgan fingerprint density at radius 2 is 0.944 bits per heavy atom. The van der Waals surface area contributed by atoms with Crippen LogP contribution in [-0.2, 0) is 0 Å². The standard InChI is InChI=1S/C58H67N7O6/c1-60-20-24-62(25-21-60)46-15-10-41(11-16-46)44-32-48-19-14-43-34-53-54(35-50(43)57(66)64(48)39-44)68-28-7-5-3-4-6-8-29-69-55-36-51-52(37-56(55)71-31-9-30-70-53)59-38-49-33-45(40-65(49)58(51)67)42-12-17-47(18-13-42)63-26-22-61(2)23-27-63/h10-19,34-40,48-49H,3-9,20-33H2,1-2H3/t48-,49+/m1/s1. The van der Waals surface area contributed by atoms with Crippen molar-refractivity contribution in [2.45, 2.75) is 69.9 Å². The minimum absolute atomic E-state index is 0.0387. The summed E-state index contributed by atoms with van der Waals surface area (Å²) < 4.78 is 25.7. The second-order valence-corrected chi connectivity index (χ2v) is 20.2. The summed E-state index contributed by atoms with van der Waals surface area (Å²) in [5.74, 6) is 2.16. The summed E-state index contributed by atoms with van der Waals surface area (Å²) >= 11 is 0. The van der Waals surface area contributed by atoms with Crippen LogP contribution in [0.2, 0.25) is 0 Å². The number of hydrogen-bond acceptors (Lipinski definition) is 11. The number of fused-ring (bicyclic) bond motifs is 6. The number of carbonyl (C=O) groups excluding carboxylic acids is 2. The van der Waals surface area contributed by atoms with Gasteiger partial charge < -0.3 is 48.3 Å². The fraction of sp³-hybridized carbons (Fsp3) is 0.431. The molecular weight excluding hydrogens is 891 g/mol. The average molecular weight is 958 g/mol. The highest BCUT2D eigenvalue weighted by molar-refractivity contribution is 6.05. The minimum atomic E-state index is -0.182. The van der Waals surface area contributed by atoms with E-state index in [1.54, 1.807) is 0 Å². The summed E-state index contributed by atoms with van der Waals surface area (Å²) in [6.07, 6.45) is 18.2. The van der Waals surface area contributed by atoms with Gasteiger partial charge in [0.15, 0.2) is 23.0 Å². The highest BCUT2D eigenvalue weighted by atomic mass is 16.5. The molecule has 7 aliphatic rings. The molecule has 0 saturated carbocycles. The number of rotatable bonds is 4. The first-order chi connectivity index (χ1) is 34.8. The quantitative estimate of drug-likeness (QED) is 0.197. The molecule has 2 amide bonds. The molecule has 0 bridgehead atoms. The maximum absolute atomic E-state index is 14.4. The van der Waals surface area contributed by atoms with Gasteiger partial charge in [0, 0.05) is 101 Å². The van der Waals surface area contributed by atoms with Gasteiger partial charge in [0.1, 0.15) is 0 Å². The molecule has 7 aliphatic heterocycles. The first-order valence-corrected chi connectivity index (χ1v) is 26.1. The molecule has 370 valence electrons. The van der Waals surface area contributed by atoms with Crippen molar-refractivity contribution in [3.05, 3.63) is 119 Å². The first kappa shape index (κ1) is 46.8. The Bertz CT molecular complexity index is 2530. The lowest BCUT2D eigenvalue weighted by molar-refractivity contribution is 0.0803. The lowest BCUT2D eigenvalue weighted by Crippen LogP contribution is -2.44. The van der Waals surface area contributed by atoms with Crippen molar-refractivity contribution >= 4 is 52.3 Å². The van der Waals surface area contributed by atoms with E-state index in [4.69, 9.17) is 23.9 Å². The van der Waals surface area contributed by atoms with E-state index in [0.717, 1.165) is 125 Å². The maximum atomic E-state index is 14.4. The zero-order valence-electron chi connectivity index (χ0n) is 41.4. The summed E-state index contributed by atoms with van der Waals surface area (Å²) in [7, 11) is 4.35. The minimum Gasteiger partial charge on any atom is -0.490 e. The van der Waals surface area contributed by atoms with Crippen LogP contribution in [0.5, 0.6) is 23.0 Å². The molecule has 0 unspecified atom stereocenters. The van der Waals surface area contributed by atoms with Crippen molar-refractivity contribution in [2.75, 3.05) is 103 Å². The summed E-state index contributed by atoms with van der Waals surface area (Å²) in [5, 5.41) is 0. The second kappa shape index (κ2) is 21.0. The van der Waals surface area contributed by atoms with Crippen LogP contribution in [0.1, 0.15) is 95.2 Å². The Kier molecular flexibility index (Phi) is 13.9. The molecule has 71 heavy (non-hydrogen) atoms. The number of hydrogen-bond donors (Lipinski definition) is 0. The average Bonchev–Trinajstić information content (AvgIpc) is 3.98. The molecule has 0 aliphatic carbocycles. The summed E-state index contributed by atoms with van der Waals surface area (Å²) in [6.45, 7) is 10.1. The molecule has 0 spiro atoms. The number of nitrogens with zero attached hydrogens (tertiary/aromatic N) is 7. The highest BCUT2D eigenvalue weighted by Crippen LogP contribution is 2.42. The lowest BCUT2D eigenvalue weighted by atomic mass is 10.0. The fourth-order valence-corrected chi connectivity index (χ4v) is 10.8. The summed E-state index contributed by atoms with van der Waals surface area (Å²) in [5.41, 5.74) is 9.54. The van der Waals surface area contributed by atoms with Crippen molar-refractivity contribution in [3.63, 3.8) is 0 Å². The third-order valence-corrected chi connectivity index (χ3v) is 15.2. The van der Waals surface area contributed by atoms with Gasteiger partial charge in [0.25, 0.3) is 11.8 Å². The Morgan fingerprint density at radius 1 is 0.493 bits per heavy atom. The molecule has 13 heteroatoms. The molecule has 4 aromatic carbocycles. The van der Waals surface area contributed by atoms with E-state index in [2.05, 4.69) is 94.4 Å². The number of piperazine rings is 2. The van der Waals surface area contributed by atoms with E-state index in [0.29, 0.717) is 79.1 Å². The number of likely N-dealkylation sites (N-methyl/N-ethyl adjacent to an activating group) is 2. The second-order valence-electron chi connectivity index (χ2n) is 20.2. The highest BCUT2D eigenvalue weighted by Gasteiger charge is 2.35. The summed E-state index contributed by atoms with van der Waals surface area (Å²) in [4.78, 5) is 46.9. The van der Waals surface area contributed by atoms with Crippen LogP contribution < -0.4 is 28.7 Å². The zero-order valence-corrected chi connectivity index (χ0v) is 41.4. The third-order valence-electron chi connectivity index (χ3n) is 15.2. The molecule has 2 atom stereocenters. The molecule has 2 saturated heterocycles. The number of anilines is 2. The molecule has 2 fully saturated rings. The van der Waals surface area contributed by atoms with Gasteiger partial charge in [-0.25, -0.2) is 0 Å². The molecule has 0 aromatic heterocycles. The van der Waals surface area contributed by atoms with Crippen molar-refractivity contribution in [1.29, 1.82) is 0 Å². The topological polar surface area (TPSA) is 103 Å².